The monoisotopic (exact) mass is 272 g/mol. The normalized spacial score (nSPS) is 10.6. The third-order valence-electron chi connectivity index (χ3n) is 2.63. The fourth-order valence-corrected chi connectivity index (χ4v) is 2.32. The fourth-order valence-electron chi connectivity index (χ4n) is 1.71. The number of nitrogens with one attached hydrogen (secondary N) is 1. The lowest BCUT2D eigenvalue weighted by Gasteiger charge is -2.04. The molecule has 0 atom stereocenters. The molecule has 0 fully saturated rings. The lowest BCUT2D eigenvalue weighted by Crippen LogP contribution is -1.99. The average Bonchev–Trinajstić information content (AvgIpc) is 3.08. The van der Waals surface area contributed by atoms with Crippen molar-refractivity contribution in [1.29, 1.82) is 0 Å². The molecule has 2 heterocycles. The number of hydrogen-bond acceptors (Lipinski definition) is 6. The van der Waals surface area contributed by atoms with Crippen LogP contribution >= 0.6 is 11.3 Å². The molecule has 0 saturated carbocycles. The van der Waals surface area contributed by atoms with Crippen LogP contribution in [0.4, 0.5) is 5.69 Å². The summed E-state index contributed by atoms with van der Waals surface area (Å²) >= 11 is 1.66. The number of benzene rings is 1. The van der Waals surface area contributed by atoms with E-state index in [1.54, 1.807) is 11.3 Å². The van der Waals surface area contributed by atoms with Gasteiger partial charge in [0, 0.05) is 16.6 Å². The second kappa shape index (κ2) is 5.19. The Balaban J connectivity index is 1.66. The molecule has 0 bridgehead atoms. The minimum atomic E-state index is 0.529. The molecular formula is C13H12N4OS. The topological polar surface area (TPSA) is 63.8 Å². The summed E-state index contributed by atoms with van der Waals surface area (Å²) in [5, 5.41) is 14.0. The van der Waals surface area contributed by atoms with E-state index in [9.17, 15) is 0 Å². The molecule has 3 rings (SSSR count). The Morgan fingerprint density at radius 1 is 1.26 bits per heavy atom. The van der Waals surface area contributed by atoms with Crippen molar-refractivity contribution in [2.24, 2.45) is 0 Å². The van der Waals surface area contributed by atoms with Crippen molar-refractivity contribution in [3.63, 3.8) is 0 Å². The van der Waals surface area contributed by atoms with Gasteiger partial charge >= 0.3 is 0 Å². The van der Waals surface area contributed by atoms with Crippen molar-refractivity contribution in [3.05, 3.63) is 46.7 Å². The molecule has 19 heavy (non-hydrogen) atoms. The second-order valence-corrected chi connectivity index (χ2v) is 5.09. The maximum absolute atomic E-state index is 5.14. The first-order valence-electron chi connectivity index (χ1n) is 5.83. The molecule has 0 spiro atoms. The van der Waals surface area contributed by atoms with E-state index in [-0.39, 0.29) is 0 Å². The van der Waals surface area contributed by atoms with Crippen LogP contribution in [0.25, 0.3) is 11.5 Å². The quantitative estimate of drug-likeness (QED) is 0.790. The molecular weight excluding hydrogens is 260 g/mol. The van der Waals surface area contributed by atoms with Crippen molar-refractivity contribution in [3.8, 4) is 11.5 Å². The van der Waals surface area contributed by atoms with Crippen molar-refractivity contribution >= 4 is 17.0 Å². The Labute approximate surface area is 114 Å². The zero-order valence-corrected chi connectivity index (χ0v) is 11.1. The van der Waals surface area contributed by atoms with Crippen LogP contribution in [0, 0.1) is 6.92 Å². The lowest BCUT2D eigenvalue weighted by atomic mass is 10.2. The molecule has 2 aromatic heterocycles. The standard InChI is InChI=1S/C13H12N4OS/c1-9-16-12(7-19-9)6-14-11-4-2-10(3-5-11)13-17-15-8-18-13/h2-5,7-8,14H,6H2,1H3. The van der Waals surface area contributed by atoms with Crippen LogP contribution in [-0.4, -0.2) is 15.2 Å². The van der Waals surface area contributed by atoms with Gasteiger partial charge in [0.2, 0.25) is 12.3 Å². The maximum atomic E-state index is 5.14. The van der Waals surface area contributed by atoms with Crippen LogP contribution < -0.4 is 5.32 Å². The highest BCUT2D eigenvalue weighted by Crippen LogP contribution is 2.19. The Hall–Kier alpha value is -2.21. The average molecular weight is 272 g/mol. The Kier molecular flexibility index (Phi) is 3.24. The molecule has 3 aromatic rings. The van der Waals surface area contributed by atoms with E-state index in [1.165, 1.54) is 6.39 Å². The molecule has 0 radical (unpaired) electrons. The first-order chi connectivity index (χ1) is 9.31. The van der Waals surface area contributed by atoms with Crippen LogP contribution in [0.5, 0.6) is 0 Å². The molecule has 0 aliphatic carbocycles. The largest absolute Gasteiger partial charge is 0.423 e. The minimum Gasteiger partial charge on any atom is -0.423 e. The van der Waals surface area contributed by atoms with Crippen LogP contribution in [0.3, 0.4) is 0 Å². The number of hydrogen-bond donors (Lipinski definition) is 1. The summed E-state index contributed by atoms with van der Waals surface area (Å²) in [5.41, 5.74) is 3.00. The van der Waals surface area contributed by atoms with Gasteiger partial charge in [-0.15, -0.1) is 21.5 Å². The molecule has 1 N–H and O–H groups in total. The van der Waals surface area contributed by atoms with Crippen molar-refractivity contribution in [2.45, 2.75) is 13.5 Å². The van der Waals surface area contributed by atoms with Crippen LogP contribution in [-0.2, 0) is 6.54 Å². The predicted molar refractivity (Wildman–Crippen MR) is 73.9 cm³/mol. The van der Waals surface area contributed by atoms with Gasteiger partial charge in [-0.3, -0.25) is 0 Å². The van der Waals surface area contributed by atoms with E-state index in [0.29, 0.717) is 5.89 Å². The van der Waals surface area contributed by atoms with Crippen molar-refractivity contribution < 1.29 is 4.42 Å². The molecule has 96 valence electrons. The first-order valence-corrected chi connectivity index (χ1v) is 6.71. The van der Waals surface area contributed by atoms with Crippen LogP contribution in [0.2, 0.25) is 0 Å². The summed E-state index contributed by atoms with van der Waals surface area (Å²) in [5.74, 6) is 0.529. The van der Waals surface area contributed by atoms with Gasteiger partial charge in [-0.2, -0.15) is 0 Å². The van der Waals surface area contributed by atoms with Gasteiger partial charge in [0.1, 0.15) is 0 Å². The lowest BCUT2D eigenvalue weighted by molar-refractivity contribution is 0.568. The number of anilines is 1. The van der Waals surface area contributed by atoms with Gasteiger partial charge in [-0.1, -0.05) is 0 Å². The van der Waals surface area contributed by atoms with E-state index < -0.39 is 0 Å². The van der Waals surface area contributed by atoms with Crippen LogP contribution in [0.1, 0.15) is 10.7 Å². The molecule has 0 unspecified atom stereocenters. The minimum absolute atomic E-state index is 0.529. The third kappa shape index (κ3) is 2.79. The summed E-state index contributed by atoms with van der Waals surface area (Å²) in [6, 6.07) is 7.86. The molecule has 6 heteroatoms. The number of aryl methyl sites for hydroxylation is 1. The fraction of sp³-hybridized carbons (Fsp3) is 0.154. The highest BCUT2D eigenvalue weighted by molar-refractivity contribution is 7.09. The summed E-state index contributed by atoms with van der Waals surface area (Å²) in [4.78, 5) is 4.41. The molecule has 5 nitrogen and oxygen atoms in total. The van der Waals surface area contributed by atoms with E-state index in [2.05, 4.69) is 25.9 Å². The summed E-state index contributed by atoms with van der Waals surface area (Å²) < 4.78 is 5.14. The number of thiazole rings is 1. The Morgan fingerprint density at radius 3 is 2.74 bits per heavy atom. The Bertz CT molecular complexity index is 646. The molecule has 0 aliphatic heterocycles. The van der Waals surface area contributed by atoms with Crippen molar-refractivity contribution in [2.75, 3.05) is 5.32 Å². The van der Waals surface area contributed by atoms with E-state index >= 15 is 0 Å². The van der Waals surface area contributed by atoms with Gasteiger partial charge in [0.05, 0.1) is 17.2 Å². The molecule has 1 aromatic carbocycles. The highest BCUT2D eigenvalue weighted by Gasteiger charge is 2.03. The van der Waals surface area contributed by atoms with Gasteiger partial charge < -0.3 is 9.73 Å². The molecule has 0 saturated heterocycles. The SMILES string of the molecule is Cc1nc(CNc2ccc(-c3nnco3)cc2)cs1. The van der Waals surface area contributed by atoms with E-state index in [4.69, 9.17) is 4.42 Å². The number of aromatic nitrogens is 3. The Morgan fingerprint density at radius 2 is 2.11 bits per heavy atom. The summed E-state index contributed by atoms with van der Waals surface area (Å²) in [6.45, 7) is 2.73. The smallest absolute Gasteiger partial charge is 0.247 e. The molecule has 0 aliphatic rings. The van der Waals surface area contributed by atoms with E-state index in [0.717, 1.165) is 28.5 Å². The predicted octanol–water partition coefficient (Wildman–Crippen LogP) is 3.11. The number of rotatable bonds is 4. The van der Waals surface area contributed by atoms with Gasteiger partial charge in [-0.05, 0) is 31.2 Å². The molecule has 0 amide bonds. The zero-order valence-electron chi connectivity index (χ0n) is 10.3. The second-order valence-electron chi connectivity index (χ2n) is 4.03. The van der Waals surface area contributed by atoms with E-state index in [1.807, 2.05) is 31.2 Å². The van der Waals surface area contributed by atoms with Crippen molar-refractivity contribution in [1.82, 2.24) is 15.2 Å². The third-order valence-corrected chi connectivity index (χ3v) is 3.45. The highest BCUT2D eigenvalue weighted by atomic mass is 32.1. The summed E-state index contributed by atoms with van der Waals surface area (Å²) in [7, 11) is 0. The number of nitrogens with zero attached hydrogens (tertiary/aromatic N) is 3. The maximum Gasteiger partial charge on any atom is 0.247 e. The van der Waals surface area contributed by atoms with Crippen LogP contribution in [0.15, 0.2) is 40.5 Å². The zero-order chi connectivity index (χ0) is 13.1. The van der Waals surface area contributed by atoms with Gasteiger partial charge in [0.25, 0.3) is 0 Å². The van der Waals surface area contributed by atoms with Gasteiger partial charge in [0.15, 0.2) is 0 Å². The first kappa shape index (κ1) is 11.9. The van der Waals surface area contributed by atoms with Gasteiger partial charge in [-0.25, -0.2) is 4.98 Å². The summed E-state index contributed by atoms with van der Waals surface area (Å²) in [6.07, 6.45) is 1.33.